The van der Waals surface area contributed by atoms with E-state index in [1.807, 2.05) is 13.2 Å². The van der Waals surface area contributed by atoms with Crippen LogP contribution in [-0.4, -0.2) is 49.8 Å². The molecule has 2 aliphatic heterocycles. The van der Waals surface area contributed by atoms with E-state index in [1.54, 1.807) is 0 Å². The van der Waals surface area contributed by atoms with Gasteiger partial charge in [-0.2, -0.15) is 0 Å². The minimum Gasteiger partial charge on any atom is -0.376 e. The molecule has 0 radical (unpaired) electrons. The van der Waals surface area contributed by atoms with Crippen molar-refractivity contribution < 1.29 is 0 Å². The fraction of sp³-hybridized carbons (Fsp3) is 0.636. The highest BCUT2D eigenvalue weighted by atomic mass is 15.2. The molecule has 0 spiro atoms. The van der Waals surface area contributed by atoms with Crippen molar-refractivity contribution in [1.29, 1.82) is 0 Å². The summed E-state index contributed by atoms with van der Waals surface area (Å²) in [5.74, 6) is 0. The molecule has 1 unspecified atom stereocenters. The monoisotopic (exact) mass is 210 g/mol. The molecule has 0 bridgehead atoms. The molecule has 0 saturated heterocycles. The minimum atomic E-state index is 0.500. The van der Waals surface area contributed by atoms with Crippen LogP contribution in [0.1, 0.15) is 6.92 Å². The summed E-state index contributed by atoms with van der Waals surface area (Å²) in [6, 6.07) is 0. The van der Waals surface area contributed by atoms with Crippen LogP contribution in [-0.2, 0) is 0 Å². The topological polar surface area (TPSA) is 30.5 Å². The van der Waals surface area contributed by atoms with Crippen LogP contribution in [0.4, 0.5) is 0 Å². The van der Waals surface area contributed by atoms with Gasteiger partial charge in [-0.1, -0.05) is 12.2 Å². The molecule has 1 atom stereocenters. The Kier molecular flexibility index (Phi) is 5.21. The predicted molar refractivity (Wildman–Crippen MR) is 64.1 cm³/mol. The van der Waals surface area contributed by atoms with E-state index in [-0.39, 0.29) is 0 Å². The summed E-state index contributed by atoms with van der Waals surface area (Å²) in [5.41, 5.74) is 0. The van der Waals surface area contributed by atoms with E-state index in [0.29, 0.717) is 6.17 Å². The molecule has 0 aliphatic carbocycles. The molecular weight excluding hydrogens is 188 g/mol. The lowest BCUT2D eigenvalue weighted by atomic mass is 10.4. The second-order valence-corrected chi connectivity index (χ2v) is 3.94. The van der Waals surface area contributed by atoms with E-state index in [0.717, 1.165) is 19.8 Å². The molecule has 2 rings (SSSR count). The second kappa shape index (κ2) is 6.48. The maximum absolute atomic E-state index is 3.18. The second-order valence-electron chi connectivity index (χ2n) is 3.94. The van der Waals surface area contributed by atoms with Gasteiger partial charge in [0.15, 0.2) is 0 Å². The highest BCUT2D eigenvalue weighted by Crippen LogP contribution is 1.95. The standard InChI is InChI=1S/C6H12N2.C5H10N2/c1-6-7-4-3-5-8(6)2;1-7-4-2-3-6-5-7/h3-4,6-7H,5H2,1-2H3;2,4,6H,3,5H2,1H3. The fourth-order valence-electron chi connectivity index (χ4n) is 1.32. The van der Waals surface area contributed by atoms with Gasteiger partial charge in [0.05, 0.1) is 12.8 Å². The van der Waals surface area contributed by atoms with Crippen LogP contribution in [0.3, 0.4) is 0 Å². The molecule has 2 N–H and O–H groups in total. The average Bonchev–Trinajstić information content (AvgIpc) is 2.25. The van der Waals surface area contributed by atoms with E-state index in [2.05, 4.69) is 52.8 Å². The third-order valence-electron chi connectivity index (χ3n) is 2.49. The number of nitrogens with one attached hydrogen (secondary N) is 2. The van der Waals surface area contributed by atoms with Crippen molar-refractivity contribution in [2.75, 3.05) is 33.9 Å². The molecule has 0 fully saturated rings. The molecular formula is C11H22N4. The molecule has 0 amide bonds. The van der Waals surface area contributed by atoms with Gasteiger partial charge in [0.1, 0.15) is 0 Å². The first-order chi connectivity index (χ1) is 7.20. The van der Waals surface area contributed by atoms with Crippen LogP contribution in [0.15, 0.2) is 24.6 Å². The van der Waals surface area contributed by atoms with Gasteiger partial charge < -0.3 is 10.2 Å². The molecule has 4 nitrogen and oxygen atoms in total. The van der Waals surface area contributed by atoms with Gasteiger partial charge >= 0.3 is 0 Å². The Hall–Kier alpha value is -1.00. The molecule has 4 heteroatoms. The fourth-order valence-corrected chi connectivity index (χ4v) is 1.32. The lowest BCUT2D eigenvalue weighted by Crippen LogP contribution is -2.41. The van der Waals surface area contributed by atoms with Crippen molar-refractivity contribution >= 4 is 0 Å². The van der Waals surface area contributed by atoms with E-state index in [4.69, 9.17) is 0 Å². The lowest BCUT2D eigenvalue weighted by Gasteiger charge is -2.26. The minimum absolute atomic E-state index is 0.500. The normalized spacial score (nSPS) is 25.5. The number of rotatable bonds is 0. The quantitative estimate of drug-likeness (QED) is 0.605. The smallest absolute Gasteiger partial charge is 0.0759 e. The summed E-state index contributed by atoms with van der Waals surface area (Å²) in [7, 11) is 4.14. The summed E-state index contributed by atoms with van der Waals surface area (Å²) >= 11 is 0. The summed E-state index contributed by atoms with van der Waals surface area (Å²) in [5, 5.41) is 6.35. The third kappa shape index (κ3) is 4.85. The first-order valence-electron chi connectivity index (χ1n) is 5.39. The largest absolute Gasteiger partial charge is 0.376 e. The number of nitrogens with zero attached hydrogens (tertiary/aromatic N) is 2. The van der Waals surface area contributed by atoms with Gasteiger partial charge in [-0.05, 0) is 26.4 Å². The molecule has 2 aliphatic rings. The summed E-state index contributed by atoms with van der Waals surface area (Å²) < 4.78 is 0. The Morgan fingerprint density at radius 3 is 2.40 bits per heavy atom. The Balaban J connectivity index is 0.000000151. The SMILES string of the molecule is CC1NC=CCN1C.CN1C=CCNC1. The zero-order valence-electron chi connectivity index (χ0n) is 9.90. The highest BCUT2D eigenvalue weighted by molar-refractivity contribution is 4.89. The Morgan fingerprint density at radius 1 is 1.27 bits per heavy atom. The summed E-state index contributed by atoms with van der Waals surface area (Å²) in [4.78, 5) is 4.34. The van der Waals surface area contributed by atoms with Crippen LogP contribution >= 0.6 is 0 Å². The predicted octanol–water partition coefficient (Wildman–Crippen LogP) is 0.374. The van der Waals surface area contributed by atoms with Gasteiger partial charge in [-0.15, -0.1) is 0 Å². The first kappa shape index (κ1) is 12.1. The zero-order chi connectivity index (χ0) is 11.1. The van der Waals surface area contributed by atoms with Gasteiger partial charge in [0.2, 0.25) is 0 Å². The van der Waals surface area contributed by atoms with Crippen LogP contribution in [0.5, 0.6) is 0 Å². The molecule has 86 valence electrons. The Labute approximate surface area is 92.6 Å². The third-order valence-corrected chi connectivity index (χ3v) is 2.49. The van der Waals surface area contributed by atoms with E-state index < -0.39 is 0 Å². The van der Waals surface area contributed by atoms with Crippen LogP contribution < -0.4 is 10.6 Å². The van der Waals surface area contributed by atoms with Gasteiger partial charge in [0, 0.05) is 20.1 Å². The van der Waals surface area contributed by atoms with E-state index in [1.165, 1.54) is 0 Å². The number of hydrogen-bond acceptors (Lipinski definition) is 4. The van der Waals surface area contributed by atoms with Crippen molar-refractivity contribution in [3.05, 3.63) is 24.6 Å². The van der Waals surface area contributed by atoms with Crippen molar-refractivity contribution in [3.8, 4) is 0 Å². The maximum Gasteiger partial charge on any atom is 0.0759 e. The molecule has 0 aromatic carbocycles. The van der Waals surface area contributed by atoms with Crippen molar-refractivity contribution in [2.45, 2.75) is 13.1 Å². The lowest BCUT2D eigenvalue weighted by molar-refractivity contribution is 0.248. The van der Waals surface area contributed by atoms with Crippen LogP contribution in [0, 0.1) is 0 Å². The summed E-state index contributed by atoms with van der Waals surface area (Å²) in [6.45, 7) is 5.21. The first-order valence-corrected chi connectivity index (χ1v) is 5.39. The number of likely N-dealkylation sites (N-methyl/N-ethyl adjacent to an activating group) is 1. The number of hydrogen-bond donors (Lipinski definition) is 2. The van der Waals surface area contributed by atoms with Gasteiger partial charge in [-0.3, -0.25) is 10.2 Å². The van der Waals surface area contributed by atoms with Crippen molar-refractivity contribution in [1.82, 2.24) is 20.4 Å². The van der Waals surface area contributed by atoms with Gasteiger partial charge in [0.25, 0.3) is 0 Å². The maximum atomic E-state index is 3.18. The molecule has 2 heterocycles. The van der Waals surface area contributed by atoms with Gasteiger partial charge in [-0.25, -0.2) is 0 Å². The summed E-state index contributed by atoms with van der Waals surface area (Å²) in [6.07, 6.45) is 8.80. The van der Waals surface area contributed by atoms with Crippen LogP contribution in [0.2, 0.25) is 0 Å². The Morgan fingerprint density at radius 2 is 2.07 bits per heavy atom. The van der Waals surface area contributed by atoms with Crippen molar-refractivity contribution in [3.63, 3.8) is 0 Å². The Bertz CT molecular complexity index is 213. The molecule has 0 saturated carbocycles. The molecule has 15 heavy (non-hydrogen) atoms. The highest BCUT2D eigenvalue weighted by Gasteiger charge is 2.06. The van der Waals surface area contributed by atoms with E-state index in [9.17, 15) is 0 Å². The molecule has 0 aromatic rings. The average molecular weight is 210 g/mol. The van der Waals surface area contributed by atoms with E-state index >= 15 is 0 Å². The van der Waals surface area contributed by atoms with Crippen molar-refractivity contribution in [2.24, 2.45) is 0 Å². The zero-order valence-corrected chi connectivity index (χ0v) is 9.90. The molecule has 0 aromatic heterocycles. The van der Waals surface area contributed by atoms with Crippen LogP contribution in [0.25, 0.3) is 0 Å².